The number of rotatable bonds is 5. The molecule has 0 amide bonds. The van der Waals surface area contributed by atoms with Crippen LogP contribution in [-0.2, 0) is 12.8 Å². The van der Waals surface area contributed by atoms with Crippen LogP contribution in [0.2, 0.25) is 0 Å². The quantitative estimate of drug-likeness (QED) is 0.345. The number of fused-ring (bicyclic) bond motifs is 3. The van der Waals surface area contributed by atoms with E-state index in [0.29, 0.717) is 6.42 Å². The van der Waals surface area contributed by atoms with Gasteiger partial charge in [0.05, 0.1) is 17.1 Å². The van der Waals surface area contributed by atoms with Gasteiger partial charge in [-0.2, -0.15) is 5.26 Å². The van der Waals surface area contributed by atoms with Crippen LogP contribution in [0.5, 0.6) is 0 Å². The molecule has 0 atom stereocenters. The van der Waals surface area contributed by atoms with Gasteiger partial charge in [0.15, 0.2) is 5.16 Å². The Hall–Kier alpha value is -2.10. The molecule has 0 N–H and O–H groups in total. The molecule has 0 unspecified atom stereocenters. The molecule has 0 spiro atoms. The maximum Gasteiger partial charge on any atom is 0.267 e. The molecule has 2 heterocycles. The smallest absolute Gasteiger partial charge is 0.267 e. The van der Waals surface area contributed by atoms with Crippen molar-refractivity contribution < 1.29 is 0 Å². The van der Waals surface area contributed by atoms with E-state index in [-0.39, 0.29) is 5.56 Å². The Balaban J connectivity index is 1.88. The van der Waals surface area contributed by atoms with Crippen LogP contribution in [0, 0.1) is 18.3 Å². The predicted molar refractivity (Wildman–Crippen MR) is 112 cm³/mol. The van der Waals surface area contributed by atoms with Crippen LogP contribution >= 0.6 is 23.1 Å². The highest BCUT2D eigenvalue weighted by molar-refractivity contribution is 7.99. The first-order valence-electron chi connectivity index (χ1n) is 9.33. The standard InChI is InChI=1S/C21H21N3OS2/c1-14-8-10-15(11-9-14)24-20(25)18-16-6-2-3-7-17(16)27-19(18)23-21(24)26-13-5-4-12-22/h8-11H,2-7,13H2,1H3. The van der Waals surface area contributed by atoms with Gasteiger partial charge in [0.25, 0.3) is 5.56 Å². The second-order valence-corrected chi connectivity index (χ2v) is 9.02. The summed E-state index contributed by atoms with van der Waals surface area (Å²) in [6.45, 7) is 2.04. The number of hydrogen-bond acceptors (Lipinski definition) is 5. The van der Waals surface area contributed by atoms with Crippen LogP contribution in [0.1, 0.15) is 41.7 Å². The van der Waals surface area contributed by atoms with Crippen LogP contribution in [0.25, 0.3) is 15.9 Å². The first kappa shape index (κ1) is 18.3. The number of benzene rings is 1. The lowest BCUT2D eigenvalue weighted by Crippen LogP contribution is -2.22. The molecule has 0 bridgehead atoms. The average Bonchev–Trinajstić information content (AvgIpc) is 3.05. The number of nitriles is 1. The molecule has 2 aromatic heterocycles. The maximum absolute atomic E-state index is 13.5. The summed E-state index contributed by atoms with van der Waals surface area (Å²) in [5, 5.41) is 10.3. The van der Waals surface area contributed by atoms with E-state index in [1.807, 2.05) is 31.2 Å². The molecular weight excluding hydrogens is 374 g/mol. The molecule has 1 aliphatic carbocycles. The minimum Gasteiger partial charge on any atom is -0.268 e. The lowest BCUT2D eigenvalue weighted by molar-refractivity contribution is 0.699. The van der Waals surface area contributed by atoms with Gasteiger partial charge in [-0.25, -0.2) is 4.98 Å². The number of nitrogens with zero attached hydrogens (tertiary/aromatic N) is 3. The molecule has 4 nitrogen and oxygen atoms in total. The molecule has 0 fully saturated rings. The fourth-order valence-electron chi connectivity index (χ4n) is 3.52. The summed E-state index contributed by atoms with van der Waals surface area (Å²) in [6.07, 6.45) is 5.70. The highest BCUT2D eigenvalue weighted by Gasteiger charge is 2.22. The van der Waals surface area contributed by atoms with Crippen LogP contribution in [-0.4, -0.2) is 15.3 Å². The fraction of sp³-hybridized carbons (Fsp3) is 0.381. The Morgan fingerprint density at radius 2 is 2.04 bits per heavy atom. The molecule has 1 aromatic carbocycles. The van der Waals surface area contributed by atoms with E-state index < -0.39 is 0 Å². The lowest BCUT2D eigenvalue weighted by Gasteiger charge is -2.13. The molecule has 138 valence electrons. The van der Waals surface area contributed by atoms with E-state index in [1.165, 1.54) is 16.9 Å². The van der Waals surface area contributed by atoms with Gasteiger partial charge in [-0.05, 0) is 56.7 Å². The molecule has 0 saturated carbocycles. The van der Waals surface area contributed by atoms with Crippen molar-refractivity contribution in [2.75, 3.05) is 5.75 Å². The number of unbranched alkanes of at least 4 members (excludes halogenated alkanes) is 1. The first-order chi connectivity index (χ1) is 13.2. The van der Waals surface area contributed by atoms with Crippen molar-refractivity contribution in [1.29, 1.82) is 5.26 Å². The van der Waals surface area contributed by atoms with Crippen molar-refractivity contribution in [3.05, 3.63) is 50.6 Å². The van der Waals surface area contributed by atoms with Crippen LogP contribution in [0.4, 0.5) is 0 Å². The molecule has 0 saturated heterocycles. The van der Waals surface area contributed by atoms with Gasteiger partial charge in [0.2, 0.25) is 0 Å². The SMILES string of the molecule is Cc1ccc(-n2c(SCCCC#N)nc3sc4c(c3c2=O)CCCC4)cc1. The van der Waals surface area contributed by atoms with Crippen LogP contribution in [0.15, 0.2) is 34.2 Å². The lowest BCUT2D eigenvalue weighted by atomic mass is 9.97. The second kappa shape index (κ2) is 7.87. The third kappa shape index (κ3) is 3.54. The summed E-state index contributed by atoms with van der Waals surface area (Å²) in [6, 6.07) is 10.2. The van der Waals surface area contributed by atoms with E-state index in [4.69, 9.17) is 10.2 Å². The maximum atomic E-state index is 13.5. The molecule has 1 aliphatic rings. The monoisotopic (exact) mass is 395 g/mol. The average molecular weight is 396 g/mol. The third-order valence-corrected chi connectivity index (χ3v) is 7.12. The van der Waals surface area contributed by atoms with E-state index in [0.717, 1.165) is 58.1 Å². The Labute approximate surface area is 166 Å². The fourth-order valence-corrected chi connectivity index (χ4v) is 5.77. The molecule has 6 heteroatoms. The molecule has 27 heavy (non-hydrogen) atoms. The van der Waals surface area contributed by atoms with Crippen molar-refractivity contribution in [2.45, 2.75) is 50.6 Å². The van der Waals surface area contributed by atoms with Gasteiger partial charge in [-0.1, -0.05) is 29.5 Å². The van der Waals surface area contributed by atoms with Gasteiger partial charge in [-0.3, -0.25) is 9.36 Å². The summed E-state index contributed by atoms with van der Waals surface area (Å²) in [5.74, 6) is 0.780. The third-order valence-electron chi connectivity index (χ3n) is 4.91. The van der Waals surface area contributed by atoms with Gasteiger partial charge >= 0.3 is 0 Å². The number of hydrogen-bond donors (Lipinski definition) is 0. The summed E-state index contributed by atoms with van der Waals surface area (Å²) in [4.78, 5) is 20.6. The normalized spacial score (nSPS) is 13.5. The Morgan fingerprint density at radius 3 is 2.81 bits per heavy atom. The van der Waals surface area contributed by atoms with Crippen molar-refractivity contribution in [1.82, 2.24) is 9.55 Å². The molecular formula is C21H21N3OS2. The van der Waals surface area contributed by atoms with Gasteiger partial charge in [-0.15, -0.1) is 11.3 Å². The Bertz CT molecular complexity index is 1070. The first-order valence-corrected chi connectivity index (χ1v) is 11.1. The van der Waals surface area contributed by atoms with Crippen molar-refractivity contribution >= 4 is 33.3 Å². The molecule has 0 radical (unpaired) electrons. The van der Waals surface area contributed by atoms with Crippen molar-refractivity contribution in [2.24, 2.45) is 0 Å². The highest BCUT2D eigenvalue weighted by Crippen LogP contribution is 2.35. The number of thioether (sulfide) groups is 1. The van der Waals surface area contributed by atoms with Gasteiger partial charge in [0, 0.05) is 17.1 Å². The highest BCUT2D eigenvalue weighted by atomic mass is 32.2. The van der Waals surface area contributed by atoms with E-state index in [9.17, 15) is 4.79 Å². The zero-order chi connectivity index (χ0) is 18.8. The minimum absolute atomic E-state index is 0.0473. The van der Waals surface area contributed by atoms with Gasteiger partial charge in [0.1, 0.15) is 4.83 Å². The molecule has 0 aliphatic heterocycles. The Kier molecular flexibility index (Phi) is 5.33. The summed E-state index contributed by atoms with van der Waals surface area (Å²) in [5.41, 5.74) is 3.29. The zero-order valence-electron chi connectivity index (χ0n) is 15.3. The van der Waals surface area contributed by atoms with E-state index in [2.05, 4.69) is 6.07 Å². The van der Waals surface area contributed by atoms with E-state index in [1.54, 1.807) is 27.7 Å². The van der Waals surface area contributed by atoms with E-state index >= 15 is 0 Å². The van der Waals surface area contributed by atoms with Crippen LogP contribution in [0.3, 0.4) is 0 Å². The number of aryl methyl sites for hydroxylation is 3. The molecule has 3 aromatic rings. The van der Waals surface area contributed by atoms with Crippen molar-refractivity contribution in [3.63, 3.8) is 0 Å². The van der Waals surface area contributed by atoms with Crippen LogP contribution < -0.4 is 5.56 Å². The zero-order valence-corrected chi connectivity index (χ0v) is 17.0. The number of aromatic nitrogens is 2. The second-order valence-electron chi connectivity index (χ2n) is 6.87. The largest absolute Gasteiger partial charge is 0.268 e. The number of thiophene rings is 1. The predicted octanol–water partition coefficient (Wildman–Crippen LogP) is 5.03. The van der Waals surface area contributed by atoms with Crippen molar-refractivity contribution in [3.8, 4) is 11.8 Å². The summed E-state index contributed by atoms with van der Waals surface area (Å²) < 4.78 is 1.76. The summed E-state index contributed by atoms with van der Waals surface area (Å²) in [7, 11) is 0. The molecule has 4 rings (SSSR count). The topological polar surface area (TPSA) is 58.7 Å². The Morgan fingerprint density at radius 1 is 1.26 bits per heavy atom. The summed E-state index contributed by atoms with van der Waals surface area (Å²) >= 11 is 3.26. The van der Waals surface area contributed by atoms with Gasteiger partial charge < -0.3 is 0 Å². The minimum atomic E-state index is 0.0473.